The van der Waals surface area contributed by atoms with Crippen LogP contribution in [0.3, 0.4) is 0 Å². The summed E-state index contributed by atoms with van der Waals surface area (Å²) in [6, 6.07) is 0.188. The zero-order valence-corrected chi connectivity index (χ0v) is 11.8. The van der Waals surface area contributed by atoms with Gasteiger partial charge >= 0.3 is 5.97 Å². The lowest BCUT2D eigenvalue weighted by molar-refractivity contribution is -0.143. The minimum Gasteiger partial charge on any atom is -0.481 e. The Morgan fingerprint density at radius 1 is 1.40 bits per heavy atom. The van der Waals surface area contributed by atoms with Gasteiger partial charge in [0.15, 0.2) is 5.65 Å². The van der Waals surface area contributed by atoms with E-state index in [-0.39, 0.29) is 17.2 Å². The van der Waals surface area contributed by atoms with Crippen LogP contribution < -0.4 is 0 Å². The summed E-state index contributed by atoms with van der Waals surface area (Å²) in [5.41, 5.74) is 1.61. The van der Waals surface area contributed by atoms with Crippen LogP contribution in [0.15, 0.2) is 6.20 Å². The van der Waals surface area contributed by atoms with Crippen molar-refractivity contribution < 1.29 is 9.90 Å². The van der Waals surface area contributed by atoms with Crippen molar-refractivity contribution in [2.75, 3.05) is 0 Å². The van der Waals surface area contributed by atoms with Gasteiger partial charge in [-0.05, 0) is 44.2 Å². The number of nitrogens with zero attached hydrogens (tertiary/aromatic N) is 4. The summed E-state index contributed by atoms with van der Waals surface area (Å²) >= 11 is 5.86. The standard InChI is InChI=1S/C13H15ClN4O2/c1-7-10-6-15-13(14)16-11(10)18(17-7)9-4-2-8(3-5-9)12(19)20/h6,8-9H,2-5H2,1H3,(H,19,20). The number of rotatable bonds is 2. The zero-order chi connectivity index (χ0) is 14.3. The summed E-state index contributed by atoms with van der Waals surface area (Å²) in [7, 11) is 0. The average Bonchev–Trinajstić information content (AvgIpc) is 2.75. The number of aromatic nitrogens is 4. The number of carbonyl (C=O) groups is 1. The van der Waals surface area contributed by atoms with E-state index in [4.69, 9.17) is 16.7 Å². The van der Waals surface area contributed by atoms with Crippen LogP contribution in [0.25, 0.3) is 11.0 Å². The normalized spacial score (nSPS) is 23.1. The molecule has 0 saturated heterocycles. The van der Waals surface area contributed by atoms with E-state index in [0.717, 1.165) is 29.6 Å². The molecule has 2 aromatic heterocycles. The Morgan fingerprint density at radius 3 is 2.75 bits per heavy atom. The monoisotopic (exact) mass is 294 g/mol. The van der Waals surface area contributed by atoms with Gasteiger partial charge in [0.2, 0.25) is 5.28 Å². The fourth-order valence-corrected chi connectivity index (χ4v) is 3.00. The molecular formula is C13H15ClN4O2. The van der Waals surface area contributed by atoms with Crippen molar-refractivity contribution in [3.05, 3.63) is 17.2 Å². The molecule has 0 aliphatic heterocycles. The minimum absolute atomic E-state index is 0.188. The van der Waals surface area contributed by atoms with Crippen LogP contribution in [0.4, 0.5) is 0 Å². The molecule has 0 atom stereocenters. The van der Waals surface area contributed by atoms with E-state index in [9.17, 15) is 4.79 Å². The molecule has 1 N–H and O–H groups in total. The second-order valence-corrected chi connectivity index (χ2v) is 5.59. The van der Waals surface area contributed by atoms with Gasteiger partial charge in [-0.2, -0.15) is 10.1 Å². The maximum atomic E-state index is 11.0. The predicted octanol–water partition coefficient (Wildman–Crippen LogP) is 2.60. The van der Waals surface area contributed by atoms with E-state index in [1.165, 1.54) is 0 Å². The van der Waals surface area contributed by atoms with E-state index >= 15 is 0 Å². The largest absolute Gasteiger partial charge is 0.481 e. The van der Waals surface area contributed by atoms with Crippen LogP contribution in [-0.2, 0) is 4.79 Å². The number of aryl methyl sites for hydroxylation is 1. The molecule has 1 fully saturated rings. The van der Waals surface area contributed by atoms with Gasteiger partial charge < -0.3 is 5.11 Å². The Kier molecular flexibility index (Phi) is 3.33. The highest BCUT2D eigenvalue weighted by Crippen LogP contribution is 2.34. The minimum atomic E-state index is -0.699. The number of fused-ring (bicyclic) bond motifs is 1. The van der Waals surface area contributed by atoms with Crippen molar-refractivity contribution in [2.24, 2.45) is 5.92 Å². The lowest BCUT2D eigenvalue weighted by atomic mass is 9.86. The number of aliphatic carboxylic acids is 1. The molecular weight excluding hydrogens is 280 g/mol. The van der Waals surface area contributed by atoms with E-state index in [2.05, 4.69) is 15.1 Å². The van der Waals surface area contributed by atoms with E-state index < -0.39 is 5.97 Å². The molecule has 1 saturated carbocycles. The van der Waals surface area contributed by atoms with Gasteiger partial charge in [0, 0.05) is 6.20 Å². The molecule has 0 bridgehead atoms. The molecule has 0 aromatic carbocycles. The van der Waals surface area contributed by atoms with E-state index in [1.54, 1.807) is 6.20 Å². The van der Waals surface area contributed by atoms with Gasteiger partial charge in [0.25, 0.3) is 0 Å². The molecule has 2 aromatic rings. The second-order valence-electron chi connectivity index (χ2n) is 5.25. The molecule has 1 aliphatic carbocycles. The second kappa shape index (κ2) is 5.01. The van der Waals surface area contributed by atoms with Crippen LogP contribution in [0, 0.1) is 12.8 Å². The molecule has 1 aliphatic rings. The highest BCUT2D eigenvalue weighted by molar-refractivity contribution is 6.28. The molecule has 0 unspecified atom stereocenters. The molecule has 7 heteroatoms. The Balaban J connectivity index is 1.92. The number of carboxylic acids is 1. The molecule has 6 nitrogen and oxygen atoms in total. The highest BCUT2D eigenvalue weighted by Gasteiger charge is 2.28. The van der Waals surface area contributed by atoms with Gasteiger partial charge in [-0.3, -0.25) is 4.79 Å². The summed E-state index contributed by atoms with van der Waals surface area (Å²) in [5.74, 6) is -0.928. The third-order valence-corrected chi connectivity index (χ3v) is 4.18. The van der Waals surface area contributed by atoms with Crippen molar-refractivity contribution >= 4 is 28.6 Å². The molecule has 2 heterocycles. The van der Waals surface area contributed by atoms with Crippen LogP contribution in [0.5, 0.6) is 0 Å². The first-order valence-corrected chi connectivity index (χ1v) is 7.04. The van der Waals surface area contributed by atoms with Crippen LogP contribution in [0.1, 0.15) is 37.4 Å². The first-order valence-electron chi connectivity index (χ1n) is 6.66. The van der Waals surface area contributed by atoms with Crippen molar-refractivity contribution in [1.29, 1.82) is 0 Å². The molecule has 106 valence electrons. The Hall–Kier alpha value is -1.69. The average molecular weight is 295 g/mol. The number of halogens is 1. The van der Waals surface area contributed by atoms with Crippen molar-refractivity contribution in [3.63, 3.8) is 0 Å². The topological polar surface area (TPSA) is 80.9 Å². The Morgan fingerprint density at radius 2 is 2.10 bits per heavy atom. The zero-order valence-electron chi connectivity index (χ0n) is 11.1. The van der Waals surface area contributed by atoms with Crippen molar-refractivity contribution in [3.8, 4) is 0 Å². The molecule has 0 amide bonds. The first kappa shape index (κ1) is 13.3. The third kappa shape index (κ3) is 2.24. The summed E-state index contributed by atoms with van der Waals surface area (Å²) in [5, 5.41) is 14.7. The quantitative estimate of drug-likeness (QED) is 0.861. The molecule has 20 heavy (non-hydrogen) atoms. The predicted molar refractivity (Wildman–Crippen MR) is 73.7 cm³/mol. The number of hydrogen-bond acceptors (Lipinski definition) is 4. The fraction of sp³-hybridized carbons (Fsp3) is 0.538. The van der Waals surface area contributed by atoms with Gasteiger partial charge in [-0.1, -0.05) is 0 Å². The van der Waals surface area contributed by atoms with Crippen molar-refractivity contribution in [2.45, 2.75) is 38.6 Å². The Bertz CT molecular complexity index is 662. The third-order valence-electron chi connectivity index (χ3n) is 4.00. The van der Waals surface area contributed by atoms with Gasteiger partial charge in [-0.25, -0.2) is 9.67 Å². The summed E-state index contributed by atoms with van der Waals surface area (Å²) < 4.78 is 1.89. The SMILES string of the molecule is Cc1nn(C2CCC(C(=O)O)CC2)c2nc(Cl)ncc12. The highest BCUT2D eigenvalue weighted by atomic mass is 35.5. The maximum absolute atomic E-state index is 11.0. The van der Waals surface area contributed by atoms with Gasteiger partial charge in [-0.15, -0.1) is 0 Å². The molecule has 3 rings (SSSR count). The van der Waals surface area contributed by atoms with Gasteiger partial charge in [0.1, 0.15) is 0 Å². The maximum Gasteiger partial charge on any atom is 0.306 e. The van der Waals surface area contributed by atoms with Gasteiger partial charge in [0.05, 0.1) is 23.0 Å². The summed E-state index contributed by atoms with van der Waals surface area (Å²) in [6.07, 6.45) is 4.65. The van der Waals surface area contributed by atoms with Crippen LogP contribution in [0.2, 0.25) is 5.28 Å². The lowest BCUT2D eigenvalue weighted by Gasteiger charge is -2.26. The molecule has 0 spiro atoms. The lowest BCUT2D eigenvalue weighted by Crippen LogP contribution is -2.24. The number of hydrogen-bond donors (Lipinski definition) is 1. The molecule has 0 radical (unpaired) electrons. The van der Waals surface area contributed by atoms with Crippen molar-refractivity contribution in [1.82, 2.24) is 19.7 Å². The first-order chi connectivity index (χ1) is 9.56. The Labute approximate surface area is 120 Å². The van der Waals surface area contributed by atoms with Crippen LogP contribution in [-0.4, -0.2) is 30.8 Å². The summed E-state index contributed by atoms with van der Waals surface area (Å²) in [6.45, 7) is 1.92. The summed E-state index contributed by atoms with van der Waals surface area (Å²) in [4.78, 5) is 19.2. The number of carboxylic acid groups (broad SMARTS) is 1. The van der Waals surface area contributed by atoms with Crippen LogP contribution >= 0.6 is 11.6 Å². The fourth-order valence-electron chi connectivity index (χ4n) is 2.87. The van der Waals surface area contributed by atoms with E-state index in [0.29, 0.717) is 12.8 Å². The smallest absolute Gasteiger partial charge is 0.306 e. The van der Waals surface area contributed by atoms with E-state index in [1.807, 2.05) is 11.6 Å².